The van der Waals surface area contributed by atoms with E-state index in [-0.39, 0.29) is 11.6 Å². The highest BCUT2D eigenvalue weighted by molar-refractivity contribution is 5.94. The Bertz CT molecular complexity index is 863. The molecule has 2 aromatic carbocycles. The lowest BCUT2D eigenvalue weighted by molar-refractivity contribution is -0.385. The Morgan fingerprint density at radius 3 is 2.66 bits per heavy atom. The van der Waals surface area contributed by atoms with Crippen LogP contribution in [0.4, 0.5) is 5.69 Å². The van der Waals surface area contributed by atoms with Crippen molar-refractivity contribution >= 4 is 11.6 Å². The van der Waals surface area contributed by atoms with Gasteiger partial charge in [-0.3, -0.25) is 14.9 Å². The number of nitro benzene ring substituents is 1. The van der Waals surface area contributed by atoms with E-state index in [1.165, 1.54) is 25.3 Å². The fourth-order valence-electron chi connectivity index (χ4n) is 3.48. The number of carbonyl (C=O) groups excluding carboxylic acids is 1. The zero-order valence-corrected chi connectivity index (χ0v) is 16.7. The molecule has 0 atom stereocenters. The molecule has 1 heterocycles. The van der Waals surface area contributed by atoms with E-state index in [2.05, 4.69) is 10.2 Å². The van der Waals surface area contributed by atoms with Crippen molar-refractivity contribution in [3.8, 4) is 11.5 Å². The van der Waals surface area contributed by atoms with Crippen molar-refractivity contribution in [3.05, 3.63) is 63.7 Å². The molecule has 1 aliphatic heterocycles. The molecule has 29 heavy (non-hydrogen) atoms. The Morgan fingerprint density at radius 1 is 1.14 bits per heavy atom. The molecule has 1 fully saturated rings. The molecule has 2 aromatic rings. The normalized spacial score (nSPS) is 14.4. The minimum Gasteiger partial charge on any atom is -0.457 e. The second kappa shape index (κ2) is 10.0. The zero-order valence-electron chi connectivity index (χ0n) is 16.7. The van der Waals surface area contributed by atoms with Crippen LogP contribution in [0.1, 0.15) is 41.6 Å². The van der Waals surface area contributed by atoms with Crippen molar-refractivity contribution in [2.24, 2.45) is 0 Å². The van der Waals surface area contributed by atoms with E-state index < -0.39 is 4.92 Å². The number of aryl methyl sites for hydroxylation is 1. The highest BCUT2D eigenvalue weighted by atomic mass is 16.6. The third-order valence-corrected chi connectivity index (χ3v) is 5.09. The van der Waals surface area contributed by atoms with Gasteiger partial charge in [0, 0.05) is 17.7 Å². The number of rotatable bonds is 8. The molecule has 7 heteroatoms. The van der Waals surface area contributed by atoms with Crippen LogP contribution in [0.2, 0.25) is 0 Å². The summed E-state index contributed by atoms with van der Waals surface area (Å²) in [6, 6.07) is 11.5. The van der Waals surface area contributed by atoms with E-state index in [1.54, 1.807) is 43.3 Å². The molecule has 0 aromatic heterocycles. The number of carbonyl (C=O) groups is 1. The molecule has 1 N–H and O–H groups in total. The SMILES string of the molecule is Cc1ccc(Oc2cccc(C(=O)NCCCN3CCCCC3)c2)cc1[N+](=O)[O-]. The summed E-state index contributed by atoms with van der Waals surface area (Å²) in [6.07, 6.45) is 4.78. The summed E-state index contributed by atoms with van der Waals surface area (Å²) >= 11 is 0. The Morgan fingerprint density at radius 2 is 1.90 bits per heavy atom. The number of nitro groups is 1. The maximum Gasteiger partial charge on any atom is 0.276 e. The standard InChI is InChI=1S/C22H27N3O4/c1-17-9-10-20(16-21(17)25(27)28)29-19-8-5-7-18(15-19)22(26)23-11-6-14-24-12-3-2-4-13-24/h5,7-10,15-16H,2-4,6,11-14H2,1H3,(H,23,26). The largest absolute Gasteiger partial charge is 0.457 e. The van der Waals surface area contributed by atoms with Gasteiger partial charge < -0.3 is 15.0 Å². The monoisotopic (exact) mass is 397 g/mol. The first kappa shape index (κ1) is 20.8. The summed E-state index contributed by atoms with van der Waals surface area (Å²) in [5, 5.41) is 14.0. The van der Waals surface area contributed by atoms with Crippen LogP contribution >= 0.6 is 0 Å². The van der Waals surface area contributed by atoms with Gasteiger partial charge in [-0.15, -0.1) is 0 Å². The van der Waals surface area contributed by atoms with Crippen LogP contribution in [0.3, 0.4) is 0 Å². The Labute approximate surface area is 170 Å². The molecule has 0 radical (unpaired) electrons. The van der Waals surface area contributed by atoms with Crippen LogP contribution in [-0.4, -0.2) is 41.9 Å². The maximum atomic E-state index is 12.4. The van der Waals surface area contributed by atoms with Gasteiger partial charge in [0.25, 0.3) is 11.6 Å². The molecule has 1 aliphatic rings. The Kier molecular flexibility index (Phi) is 7.19. The average molecular weight is 397 g/mol. The van der Waals surface area contributed by atoms with E-state index >= 15 is 0 Å². The number of amides is 1. The lowest BCUT2D eigenvalue weighted by atomic mass is 10.1. The summed E-state index contributed by atoms with van der Waals surface area (Å²) in [5.74, 6) is 0.675. The lowest BCUT2D eigenvalue weighted by Gasteiger charge is -2.26. The third kappa shape index (κ3) is 6.02. The van der Waals surface area contributed by atoms with Crippen LogP contribution < -0.4 is 10.1 Å². The fourth-order valence-corrected chi connectivity index (χ4v) is 3.48. The van der Waals surface area contributed by atoms with Crippen LogP contribution in [0.5, 0.6) is 11.5 Å². The van der Waals surface area contributed by atoms with E-state index in [4.69, 9.17) is 4.74 Å². The first-order chi connectivity index (χ1) is 14.0. The van der Waals surface area contributed by atoms with Gasteiger partial charge in [0.1, 0.15) is 11.5 Å². The molecule has 0 bridgehead atoms. The molecule has 1 amide bonds. The molecular formula is C22H27N3O4. The Balaban J connectivity index is 1.54. The molecule has 0 saturated carbocycles. The molecule has 0 spiro atoms. The first-order valence-corrected chi connectivity index (χ1v) is 10.1. The highest BCUT2D eigenvalue weighted by Crippen LogP contribution is 2.28. The smallest absolute Gasteiger partial charge is 0.276 e. The number of benzene rings is 2. The number of piperidine rings is 1. The quantitative estimate of drug-likeness (QED) is 0.408. The summed E-state index contributed by atoms with van der Waals surface area (Å²) < 4.78 is 5.73. The van der Waals surface area contributed by atoms with E-state index in [0.717, 1.165) is 26.1 Å². The van der Waals surface area contributed by atoms with Gasteiger partial charge in [0.2, 0.25) is 0 Å². The van der Waals surface area contributed by atoms with Crippen LogP contribution in [0.25, 0.3) is 0 Å². The summed E-state index contributed by atoms with van der Waals surface area (Å²) in [5.41, 5.74) is 1.08. The van der Waals surface area contributed by atoms with Crippen molar-refractivity contribution in [3.63, 3.8) is 0 Å². The maximum absolute atomic E-state index is 12.4. The molecule has 0 unspecified atom stereocenters. The van der Waals surface area contributed by atoms with Crippen molar-refractivity contribution in [1.82, 2.24) is 10.2 Å². The van der Waals surface area contributed by atoms with Crippen molar-refractivity contribution in [2.75, 3.05) is 26.2 Å². The van der Waals surface area contributed by atoms with Gasteiger partial charge in [-0.25, -0.2) is 0 Å². The fraction of sp³-hybridized carbons (Fsp3) is 0.409. The summed E-state index contributed by atoms with van der Waals surface area (Å²) in [7, 11) is 0. The number of hydrogen-bond donors (Lipinski definition) is 1. The van der Waals surface area contributed by atoms with E-state index in [0.29, 0.717) is 29.2 Å². The number of nitrogens with zero attached hydrogens (tertiary/aromatic N) is 2. The number of ether oxygens (including phenoxy) is 1. The second-order valence-corrected chi connectivity index (χ2v) is 7.35. The van der Waals surface area contributed by atoms with Gasteiger partial charge in [-0.2, -0.15) is 0 Å². The van der Waals surface area contributed by atoms with Gasteiger partial charge in [0.05, 0.1) is 11.0 Å². The zero-order chi connectivity index (χ0) is 20.6. The molecule has 154 valence electrons. The molecule has 7 nitrogen and oxygen atoms in total. The van der Waals surface area contributed by atoms with Crippen molar-refractivity contribution < 1.29 is 14.5 Å². The lowest BCUT2D eigenvalue weighted by Crippen LogP contribution is -2.33. The number of hydrogen-bond acceptors (Lipinski definition) is 5. The summed E-state index contributed by atoms with van der Waals surface area (Å²) in [6.45, 7) is 5.63. The van der Waals surface area contributed by atoms with Gasteiger partial charge >= 0.3 is 0 Å². The van der Waals surface area contributed by atoms with Crippen molar-refractivity contribution in [1.29, 1.82) is 0 Å². The minimum absolute atomic E-state index is 0.00473. The summed E-state index contributed by atoms with van der Waals surface area (Å²) in [4.78, 5) is 25.5. The first-order valence-electron chi connectivity index (χ1n) is 10.1. The highest BCUT2D eigenvalue weighted by Gasteiger charge is 2.13. The number of nitrogens with one attached hydrogen (secondary N) is 1. The van der Waals surface area contributed by atoms with Gasteiger partial charge in [-0.05, 0) is 76.2 Å². The minimum atomic E-state index is -0.435. The van der Waals surface area contributed by atoms with E-state index in [9.17, 15) is 14.9 Å². The average Bonchev–Trinajstić information content (AvgIpc) is 2.73. The predicted molar refractivity (Wildman–Crippen MR) is 112 cm³/mol. The number of likely N-dealkylation sites (tertiary alicyclic amines) is 1. The van der Waals surface area contributed by atoms with Crippen LogP contribution in [0, 0.1) is 17.0 Å². The van der Waals surface area contributed by atoms with E-state index in [1.807, 2.05) is 0 Å². The molecular weight excluding hydrogens is 370 g/mol. The Hall–Kier alpha value is -2.93. The topological polar surface area (TPSA) is 84.7 Å². The predicted octanol–water partition coefficient (Wildman–Crippen LogP) is 4.30. The second-order valence-electron chi connectivity index (χ2n) is 7.35. The van der Waals surface area contributed by atoms with Crippen molar-refractivity contribution in [2.45, 2.75) is 32.6 Å². The van der Waals surface area contributed by atoms with Gasteiger partial charge in [0.15, 0.2) is 0 Å². The molecule has 0 aliphatic carbocycles. The van der Waals surface area contributed by atoms with Crippen LogP contribution in [0.15, 0.2) is 42.5 Å². The van der Waals surface area contributed by atoms with Crippen LogP contribution in [-0.2, 0) is 0 Å². The molecule has 3 rings (SSSR count). The van der Waals surface area contributed by atoms with Gasteiger partial charge in [-0.1, -0.05) is 12.5 Å². The third-order valence-electron chi connectivity index (χ3n) is 5.09. The molecule has 1 saturated heterocycles.